The Balaban J connectivity index is 1.37. The highest BCUT2D eigenvalue weighted by Gasteiger charge is 2.33. The molecule has 0 N–H and O–H groups in total. The Kier molecular flexibility index (Phi) is 6.60. The largest absolute Gasteiger partial charge is 0.439 e. The van der Waals surface area contributed by atoms with Gasteiger partial charge in [-0.25, -0.2) is 4.98 Å². The molecule has 5 rings (SSSR count). The molecule has 10 heteroatoms. The van der Waals surface area contributed by atoms with Gasteiger partial charge in [0.2, 0.25) is 5.88 Å². The maximum atomic E-state index is 13.1. The fraction of sp³-hybridized carbons (Fsp3) is 0.0741. The van der Waals surface area contributed by atoms with Crippen LogP contribution in [-0.4, -0.2) is 24.7 Å². The van der Waals surface area contributed by atoms with Crippen LogP contribution in [0.2, 0.25) is 0 Å². The summed E-state index contributed by atoms with van der Waals surface area (Å²) in [6.45, 7) is 4.01. The summed E-state index contributed by atoms with van der Waals surface area (Å²) in [5.74, 6) is 0.687. The van der Waals surface area contributed by atoms with Crippen molar-refractivity contribution in [1.29, 1.82) is 0 Å². The number of para-hydroxylation sites is 1. The average molecular weight is 529 g/mol. The van der Waals surface area contributed by atoms with Gasteiger partial charge in [0.15, 0.2) is 4.32 Å². The predicted octanol–water partition coefficient (Wildman–Crippen LogP) is 6.60. The first-order chi connectivity index (χ1) is 17.8. The maximum Gasteiger partial charge on any atom is 0.287 e. The summed E-state index contributed by atoms with van der Waals surface area (Å²) < 4.78 is 8.32. The Morgan fingerprint density at radius 3 is 2.41 bits per heavy atom. The van der Waals surface area contributed by atoms with E-state index in [4.69, 9.17) is 17.0 Å². The molecule has 0 spiro atoms. The zero-order valence-electron chi connectivity index (χ0n) is 19.8. The molecule has 0 aliphatic carbocycles. The number of nitrogens with zero attached hydrogens (tertiary/aromatic N) is 4. The number of carbonyl (C=O) groups excluding carboxylic acids is 1. The fourth-order valence-corrected chi connectivity index (χ4v) is 5.35. The van der Waals surface area contributed by atoms with Gasteiger partial charge in [-0.1, -0.05) is 42.2 Å². The normalized spacial score (nSPS) is 14.4. The SMILES string of the molecule is Cc1cc(/C=C2/SC(=S)N(c3ccccc3)C2=O)c(C)n1-c1ccc(Oc2ccc([N+](=O)[O-])cn2)cc1. The molecule has 1 fully saturated rings. The van der Waals surface area contributed by atoms with Crippen molar-refractivity contribution in [2.24, 2.45) is 0 Å². The first-order valence-electron chi connectivity index (χ1n) is 11.2. The summed E-state index contributed by atoms with van der Waals surface area (Å²) in [7, 11) is 0. The summed E-state index contributed by atoms with van der Waals surface area (Å²) in [6.07, 6.45) is 3.05. The van der Waals surface area contributed by atoms with Gasteiger partial charge in [0, 0.05) is 29.2 Å². The Bertz CT molecular complexity index is 1550. The number of hydrogen-bond donors (Lipinski definition) is 0. The number of rotatable bonds is 6. The predicted molar refractivity (Wildman–Crippen MR) is 148 cm³/mol. The van der Waals surface area contributed by atoms with Crippen LogP contribution in [0.25, 0.3) is 11.8 Å². The van der Waals surface area contributed by atoms with Gasteiger partial charge in [-0.3, -0.25) is 19.8 Å². The quantitative estimate of drug-likeness (QED) is 0.121. The average Bonchev–Trinajstić information content (AvgIpc) is 3.33. The number of aryl methyl sites for hydroxylation is 1. The molecule has 2 aromatic heterocycles. The number of ether oxygens (including phenoxy) is 1. The molecule has 1 aliphatic rings. The molecule has 0 bridgehead atoms. The van der Waals surface area contributed by atoms with Crippen LogP contribution in [0.3, 0.4) is 0 Å². The highest BCUT2D eigenvalue weighted by atomic mass is 32.2. The number of amides is 1. The fourth-order valence-electron chi connectivity index (χ4n) is 4.06. The van der Waals surface area contributed by atoms with Gasteiger partial charge in [0.1, 0.15) is 11.9 Å². The summed E-state index contributed by atoms with van der Waals surface area (Å²) in [5, 5.41) is 10.8. The van der Waals surface area contributed by atoms with E-state index in [-0.39, 0.29) is 17.5 Å². The number of thiocarbonyl (C=S) groups is 1. The van der Waals surface area contributed by atoms with Gasteiger partial charge in [0.05, 0.1) is 15.5 Å². The number of benzene rings is 2. The van der Waals surface area contributed by atoms with Crippen LogP contribution in [0.15, 0.2) is 83.9 Å². The highest BCUT2D eigenvalue weighted by molar-refractivity contribution is 8.27. The molecular formula is C27H20N4O4S2. The summed E-state index contributed by atoms with van der Waals surface area (Å²) in [6, 6.07) is 21.7. The van der Waals surface area contributed by atoms with Crippen molar-refractivity contribution < 1.29 is 14.5 Å². The van der Waals surface area contributed by atoms with E-state index >= 15 is 0 Å². The number of aromatic nitrogens is 2. The zero-order valence-corrected chi connectivity index (χ0v) is 21.5. The van der Waals surface area contributed by atoms with E-state index in [1.807, 2.05) is 80.6 Å². The molecule has 0 atom stereocenters. The lowest BCUT2D eigenvalue weighted by atomic mass is 10.2. The second kappa shape index (κ2) is 10.00. The van der Waals surface area contributed by atoms with E-state index in [0.717, 1.165) is 34.5 Å². The Hall–Kier alpha value is -4.28. The smallest absolute Gasteiger partial charge is 0.287 e. The molecule has 1 aliphatic heterocycles. The number of nitro groups is 1. The second-order valence-electron chi connectivity index (χ2n) is 8.22. The molecule has 0 saturated carbocycles. The lowest BCUT2D eigenvalue weighted by molar-refractivity contribution is -0.385. The van der Waals surface area contributed by atoms with Crippen LogP contribution >= 0.6 is 24.0 Å². The van der Waals surface area contributed by atoms with Gasteiger partial charge in [-0.15, -0.1) is 0 Å². The van der Waals surface area contributed by atoms with Gasteiger partial charge >= 0.3 is 0 Å². The molecule has 1 saturated heterocycles. The third-order valence-corrected chi connectivity index (χ3v) is 7.12. The standard InChI is InChI=1S/C27H20N4O4S2/c1-17-14-19(15-24-26(32)30(27(36)37-24)20-6-4-3-5-7-20)18(2)29(17)21-8-11-23(12-9-21)35-25-13-10-22(16-28-25)31(33)34/h3-16H,1-2H3/b24-15+. The Morgan fingerprint density at radius 2 is 1.76 bits per heavy atom. The molecule has 8 nitrogen and oxygen atoms in total. The van der Waals surface area contributed by atoms with Crippen molar-refractivity contribution in [3.05, 3.63) is 111 Å². The van der Waals surface area contributed by atoms with E-state index in [1.54, 1.807) is 4.90 Å². The zero-order chi connectivity index (χ0) is 26.1. The molecule has 37 heavy (non-hydrogen) atoms. The molecule has 3 heterocycles. The molecule has 0 unspecified atom stereocenters. The molecule has 2 aromatic carbocycles. The lowest BCUT2D eigenvalue weighted by Crippen LogP contribution is -2.27. The highest BCUT2D eigenvalue weighted by Crippen LogP contribution is 2.37. The number of hydrogen-bond acceptors (Lipinski definition) is 7. The lowest BCUT2D eigenvalue weighted by Gasteiger charge is -2.13. The Labute approximate surface area is 222 Å². The molecule has 0 radical (unpaired) electrons. The minimum absolute atomic E-state index is 0.0978. The third-order valence-electron chi connectivity index (χ3n) is 5.81. The molecule has 1 amide bonds. The number of thioether (sulfide) groups is 1. The molecule has 184 valence electrons. The monoisotopic (exact) mass is 528 g/mol. The van der Waals surface area contributed by atoms with Crippen LogP contribution in [-0.2, 0) is 4.79 Å². The van der Waals surface area contributed by atoms with Crippen molar-refractivity contribution in [3.63, 3.8) is 0 Å². The number of carbonyl (C=O) groups is 1. The van der Waals surface area contributed by atoms with Crippen molar-refractivity contribution in [2.45, 2.75) is 13.8 Å². The maximum absolute atomic E-state index is 13.1. The molecule has 4 aromatic rings. The first-order valence-corrected chi connectivity index (χ1v) is 12.4. The van der Waals surface area contributed by atoms with Gasteiger partial charge < -0.3 is 9.30 Å². The molecular weight excluding hydrogens is 508 g/mol. The Morgan fingerprint density at radius 1 is 1.03 bits per heavy atom. The minimum atomic E-state index is -0.508. The van der Waals surface area contributed by atoms with Crippen LogP contribution in [0.1, 0.15) is 17.0 Å². The summed E-state index contributed by atoms with van der Waals surface area (Å²) >= 11 is 6.78. The topological polar surface area (TPSA) is 90.5 Å². The third kappa shape index (κ3) is 4.89. The van der Waals surface area contributed by atoms with Crippen LogP contribution in [0.5, 0.6) is 11.6 Å². The number of anilines is 1. The number of pyridine rings is 1. The van der Waals surface area contributed by atoms with Gasteiger partial charge in [0.25, 0.3) is 11.6 Å². The van der Waals surface area contributed by atoms with Crippen LogP contribution < -0.4 is 9.64 Å². The summed E-state index contributed by atoms with van der Waals surface area (Å²) in [5.41, 5.74) is 4.50. The first kappa shape index (κ1) is 24.4. The summed E-state index contributed by atoms with van der Waals surface area (Å²) in [4.78, 5) is 29.5. The second-order valence-corrected chi connectivity index (χ2v) is 9.90. The van der Waals surface area contributed by atoms with Crippen molar-refractivity contribution in [3.8, 4) is 17.3 Å². The van der Waals surface area contributed by atoms with E-state index in [0.29, 0.717) is 15.0 Å². The van der Waals surface area contributed by atoms with Crippen LogP contribution in [0, 0.1) is 24.0 Å². The van der Waals surface area contributed by atoms with Crippen molar-refractivity contribution in [2.75, 3.05) is 4.90 Å². The van der Waals surface area contributed by atoms with Crippen molar-refractivity contribution >= 4 is 51.7 Å². The van der Waals surface area contributed by atoms with Crippen LogP contribution in [0.4, 0.5) is 11.4 Å². The van der Waals surface area contributed by atoms with Crippen molar-refractivity contribution in [1.82, 2.24) is 9.55 Å². The minimum Gasteiger partial charge on any atom is -0.439 e. The van der Waals surface area contributed by atoms with Gasteiger partial charge in [-0.2, -0.15) is 0 Å². The van der Waals surface area contributed by atoms with E-state index < -0.39 is 4.92 Å². The van der Waals surface area contributed by atoms with E-state index in [1.165, 1.54) is 23.9 Å². The van der Waals surface area contributed by atoms with Gasteiger partial charge in [-0.05, 0) is 68.0 Å². The van der Waals surface area contributed by atoms with E-state index in [9.17, 15) is 14.9 Å². The van der Waals surface area contributed by atoms with E-state index in [2.05, 4.69) is 9.55 Å².